The van der Waals surface area contributed by atoms with E-state index in [0.29, 0.717) is 12.8 Å². The van der Waals surface area contributed by atoms with Gasteiger partial charge in [0, 0.05) is 13.3 Å². The van der Waals surface area contributed by atoms with Gasteiger partial charge in [0.25, 0.3) is 0 Å². The van der Waals surface area contributed by atoms with Crippen molar-refractivity contribution in [3.8, 4) is 0 Å². The summed E-state index contributed by atoms with van der Waals surface area (Å²) in [7, 11) is 0. The lowest BCUT2D eigenvalue weighted by Gasteiger charge is -2.31. The van der Waals surface area contributed by atoms with Crippen LogP contribution in [0.3, 0.4) is 0 Å². The molecular formula is C11H15NO3. The van der Waals surface area contributed by atoms with Crippen LogP contribution in [-0.4, -0.2) is 24.0 Å². The molecule has 4 heteroatoms. The van der Waals surface area contributed by atoms with Crippen LogP contribution in [0, 0.1) is 0 Å². The number of esters is 1. The maximum Gasteiger partial charge on any atom is 0.302 e. The fourth-order valence-corrected chi connectivity index (χ4v) is 1.62. The Morgan fingerprint density at radius 3 is 2.80 bits per heavy atom. The number of carbonyl (C=O) groups excluding carboxylic acids is 2. The number of amides is 1. The Morgan fingerprint density at radius 2 is 2.27 bits per heavy atom. The number of carbonyl (C=O) groups is 2. The topological polar surface area (TPSA) is 55.4 Å². The molecule has 0 saturated carbocycles. The summed E-state index contributed by atoms with van der Waals surface area (Å²) in [6.45, 7) is 6.69. The summed E-state index contributed by atoms with van der Waals surface area (Å²) < 4.78 is 5.13. The SMILES string of the molecule is C=C=C(C)C1NC(=O)CCC1OC(C)=O. The molecule has 1 saturated heterocycles. The quantitative estimate of drug-likeness (QED) is 0.543. The third-order valence-electron chi connectivity index (χ3n) is 2.41. The highest BCUT2D eigenvalue weighted by atomic mass is 16.5. The Kier molecular flexibility index (Phi) is 3.69. The molecule has 0 aromatic rings. The van der Waals surface area contributed by atoms with Crippen LogP contribution in [0.2, 0.25) is 0 Å². The van der Waals surface area contributed by atoms with Gasteiger partial charge >= 0.3 is 5.97 Å². The number of rotatable bonds is 2. The molecule has 1 fully saturated rings. The first-order valence-electron chi connectivity index (χ1n) is 4.87. The monoisotopic (exact) mass is 209 g/mol. The Bertz CT molecular complexity index is 329. The number of hydrogen-bond acceptors (Lipinski definition) is 3. The minimum Gasteiger partial charge on any atom is -0.460 e. The molecule has 0 spiro atoms. The third-order valence-corrected chi connectivity index (χ3v) is 2.41. The summed E-state index contributed by atoms with van der Waals surface area (Å²) in [5.74, 6) is -0.365. The van der Waals surface area contributed by atoms with Crippen molar-refractivity contribution in [2.45, 2.75) is 38.8 Å². The Hall–Kier alpha value is -1.54. The first-order chi connectivity index (χ1) is 7.04. The third kappa shape index (κ3) is 2.96. The van der Waals surface area contributed by atoms with E-state index >= 15 is 0 Å². The van der Waals surface area contributed by atoms with Gasteiger partial charge in [0.1, 0.15) is 6.10 Å². The second-order valence-corrected chi connectivity index (χ2v) is 3.59. The van der Waals surface area contributed by atoms with Gasteiger partial charge < -0.3 is 10.1 Å². The zero-order valence-corrected chi connectivity index (χ0v) is 9.00. The number of piperidine rings is 1. The standard InChI is InChI=1S/C11H15NO3/c1-4-7(2)11-9(15-8(3)13)5-6-10(14)12-11/h9,11H,1,5-6H2,2-3H3,(H,12,14). The van der Waals surface area contributed by atoms with E-state index in [1.165, 1.54) is 6.92 Å². The van der Waals surface area contributed by atoms with Crippen molar-refractivity contribution in [2.24, 2.45) is 0 Å². The van der Waals surface area contributed by atoms with Crippen molar-refractivity contribution in [1.29, 1.82) is 0 Å². The van der Waals surface area contributed by atoms with Gasteiger partial charge in [-0.2, -0.15) is 0 Å². The first-order valence-corrected chi connectivity index (χ1v) is 4.87. The average Bonchev–Trinajstić information content (AvgIpc) is 2.19. The molecule has 0 aliphatic carbocycles. The summed E-state index contributed by atoms with van der Waals surface area (Å²) in [6, 6.07) is -0.285. The normalized spacial score (nSPS) is 25.1. The largest absolute Gasteiger partial charge is 0.460 e. The van der Waals surface area contributed by atoms with Crippen molar-refractivity contribution < 1.29 is 14.3 Å². The molecule has 1 heterocycles. The van der Waals surface area contributed by atoms with Gasteiger partial charge in [0.05, 0.1) is 6.04 Å². The van der Waals surface area contributed by atoms with Crippen LogP contribution in [0.25, 0.3) is 0 Å². The lowest BCUT2D eigenvalue weighted by Crippen LogP contribution is -2.50. The van der Waals surface area contributed by atoms with E-state index < -0.39 is 0 Å². The number of hydrogen-bond donors (Lipinski definition) is 1. The highest BCUT2D eigenvalue weighted by Crippen LogP contribution is 2.18. The lowest BCUT2D eigenvalue weighted by molar-refractivity contribution is -0.150. The van der Waals surface area contributed by atoms with Crippen LogP contribution in [0.5, 0.6) is 0 Å². The molecule has 2 unspecified atom stereocenters. The van der Waals surface area contributed by atoms with Crippen molar-refractivity contribution in [2.75, 3.05) is 0 Å². The molecule has 0 bridgehead atoms. The highest BCUT2D eigenvalue weighted by molar-refractivity contribution is 5.78. The summed E-state index contributed by atoms with van der Waals surface area (Å²) in [5, 5.41) is 2.77. The van der Waals surface area contributed by atoms with Crippen LogP contribution < -0.4 is 5.32 Å². The van der Waals surface area contributed by atoms with Gasteiger partial charge in [-0.25, -0.2) is 0 Å². The van der Waals surface area contributed by atoms with Gasteiger partial charge in [-0.3, -0.25) is 9.59 Å². The summed E-state index contributed by atoms with van der Waals surface area (Å²) >= 11 is 0. The van der Waals surface area contributed by atoms with Crippen LogP contribution in [0.15, 0.2) is 17.9 Å². The van der Waals surface area contributed by atoms with Gasteiger partial charge in [0.15, 0.2) is 0 Å². The number of ether oxygens (including phenoxy) is 1. The van der Waals surface area contributed by atoms with Gasteiger partial charge in [-0.05, 0) is 18.9 Å². The zero-order valence-electron chi connectivity index (χ0n) is 9.00. The van der Waals surface area contributed by atoms with Gasteiger partial charge in [0.2, 0.25) is 5.91 Å². The molecule has 1 rings (SSSR count). The average molecular weight is 209 g/mol. The predicted molar refractivity (Wildman–Crippen MR) is 55.0 cm³/mol. The predicted octanol–water partition coefficient (Wildman–Crippen LogP) is 0.928. The summed E-state index contributed by atoms with van der Waals surface area (Å²) in [5.41, 5.74) is 3.51. The van der Waals surface area contributed by atoms with Crippen molar-refractivity contribution in [3.05, 3.63) is 17.9 Å². The van der Waals surface area contributed by atoms with E-state index in [4.69, 9.17) is 4.74 Å². The van der Waals surface area contributed by atoms with E-state index in [-0.39, 0.29) is 24.0 Å². The van der Waals surface area contributed by atoms with E-state index in [0.717, 1.165) is 5.57 Å². The minimum atomic E-state index is -0.335. The molecule has 1 aliphatic rings. The molecule has 4 nitrogen and oxygen atoms in total. The van der Waals surface area contributed by atoms with E-state index in [1.807, 2.05) is 0 Å². The Balaban J connectivity index is 2.79. The second-order valence-electron chi connectivity index (χ2n) is 3.59. The molecule has 0 aromatic carbocycles. The zero-order chi connectivity index (χ0) is 11.4. The van der Waals surface area contributed by atoms with E-state index in [9.17, 15) is 9.59 Å². The van der Waals surface area contributed by atoms with Crippen LogP contribution in [-0.2, 0) is 14.3 Å². The molecule has 1 aliphatic heterocycles. The molecule has 1 N–H and O–H groups in total. The highest BCUT2D eigenvalue weighted by Gasteiger charge is 2.31. The van der Waals surface area contributed by atoms with Crippen molar-refractivity contribution in [1.82, 2.24) is 5.32 Å². The first kappa shape index (κ1) is 11.5. The molecule has 82 valence electrons. The van der Waals surface area contributed by atoms with E-state index in [1.54, 1.807) is 6.92 Å². The molecule has 1 amide bonds. The molecule has 15 heavy (non-hydrogen) atoms. The van der Waals surface area contributed by atoms with Crippen LogP contribution in [0.1, 0.15) is 26.7 Å². The summed E-state index contributed by atoms with van der Waals surface area (Å²) in [6.07, 6.45) is 0.642. The lowest BCUT2D eigenvalue weighted by atomic mass is 9.95. The van der Waals surface area contributed by atoms with E-state index in [2.05, 4.69) is 17.6 Å². The smallest absolute Gasteiger partial charge is 0.302 e. The van der Waals surface area contributed by atoms with Crippen LogP contribution >= 0.6 is 0 Å². The van der Waals surface area contributed by atoms with Gasteiger partial charge in [-0.1, -0.05) is 6.58 Å². The minimum absolute atomic E-state index is 0.0296. The number of nitrogens with one attached hydrogen (secondary N) is 1. The molecule has 2 atom stereocenters. The second kappa shape index (κ2) is 4.80. The van der Waals surface area contributed by atoms with Gasteiger partial charge in [-0.15, -0.1) is 5.73 Å². The van der Waals surface area contributed by atoms with Crippen molar-refractivity contribution >= 4 is 11.9 Å². The Morgan fingerprint density at radius 1 is 1.60 bits per heavy atom. The van der Waals surface area contributed by atoms with Crippen molar-refractivity contribution in [3.63, 3.8) is 0 Å². The van der Waals surface area contributed by atoms with Crippen LogP contribution in [0.4, 0.5) is 0 Å². The molecular weight excluding hydrogens is 194 g/mol. The molecule has 0 radical (unpaired) electrons. The maximum absolute atomic E-state index is 11.2. The summed E-state index contributed by atoms with van der Waals surface area (Å²) in [4.78, 5) is 22.1. The fraction of sp³-hybridized carbons (Fsp3) is 0.545. The Labute approximate surface area is 89.0 Å². The molecule has 0 aromatic heterocycles. The maximum atomic E-state index is 11.2. The fourth-order valence-electron chi connectivity index (χ4n) is 1.62.